The summed E-state index contributed by atoms with van der Waals surface area (Å²) in [6.45, 7) is 2.76. The van der Waals surface area contributed by atoms with Gasteiger partial charge in [-0.05, 0) is 12.8 Å². The molecule has 102 valence electrons. The van der Waals surface area contributed by atoms with Crippen LogP contribution in [0.2, 0.25) is 0 Å². The standard InChI is InChI=1S/C11H18N2O4S/c1-2-9-13(8(6-18-9)10(15)16)11(17)12-4-3-7(14)5-12/h7-9,14H,2-6H2,1H3,(H,15,16). The SMILES string of the molecule is CCC1SCC(C(=O)O)N1C(=O)N1CCC(O)C1. The average molecular weight is 274 g/mol. The summed E-state index contributed by atoms with van der Waals surface area (Å²) in [4.78, 5) is 26.5. The van der Waals surface area contributed by atoms with Crippen LogP contribution in [0.25, 0.3) is 0 Å². The first-order valence-electron chi connectivity index (χ1n) is 6.14. The van der Waals surface area contributed by atoms with Crippen molar-refractivity contribution in [2.24, 2.45) is 0 Å². The zero-order valence-corrected chi connectivity index (χ0v) is 11.1. The van der Waals surface area contributed by atoms with Gasteiger partial charge in [0.15, 0.2) is 0 Å². The van der Waals surface area contributed by atoms with Crippen molar-refractivity contribution >= 4 is 23.8 Å². The van der Waals surface area contributed by atoms with Gasteiger partial charge in [-0.3, -0.25) is 4.90 Å². The summed E-state index contributed by atoms with van der Waals surface area (Å²) in [7, 11) is 0. The molecular formula is C11H18N2O4S. The summed E-state index contributed by atoms with van der Waals surface area (Å²) in [5.41, 5.74) is 0. The number of nitrogens with zero attached hydrogens (tertiary/aromatic N) is 2. The van der Waals surface area contributed by atoms with Crippen LogP contribution in [-0.2, 0) is 4.79 Å². The number of carbonyl (C=O) groups is 2. The fraction of sp³-hybridized carbons (Fsp3) is 0.818. The van der Waals surface area contributed by atoms with Crippen molar-refractivity contribution in [3.8, 4) is 0 Å². The second-order valence-electron chi connectivity index (χ2n) is 4.63. The van der Waals surface area contributed by atoms with Crippen molar-refractivity contribution in [3.63, 3.8) is 0 Å². The Morgan fingerprint density at radius 1 is 1.44 bits per heavy atom. The molecule has 0 aromatic heterocycles. The molecule has 7 heteroatoms. The Hall–Kier alpha value is -0.950. The molecule has 2 heterocycles. The topological polar surface area (TPSA) is 81.1 Å². The molecule has 2 fully saturated rings. The number of aliphatic carboxylic acids is 1. The minimum absolute atomic E-state index is 0.0728. The van der Waals surface area contributed by atoms with E-state index >= 15 is 0 Å². The van der Waals surface area contributed by atoms with E-state index in [1.807, 2.05) is 6.92 Å². The number of rotatable bonds is 2. The maximum atomic E-state index is 12.3. The summed E-state index contributed by atoms with van der Waals surface area (Å²) < 4.78 is 0. The van der Waals surface area contributed by atoms with Gasteiger partial charge in [-0.1, -0.05) is 6.92 Å². The molecule has 0 aromatic carbocycles. The summed E-state index contributed by atoms with van der Waals surface area (Å²) >= 11 is 1.51. The predicted octanol–water partition coefficient (Wildman–Crippen LogP) is 0.411. The number of aliphatic hydroxyl groups excluding tert-OH is 1. The summed E-state index contributed by atoms with van der Waals surface area (Å²) in [6.07, 6.45) is 0.824. The number of hydrogen-bond acceptors (Lipinski definition) is 4. The largest absolute Gasteiger partial charge is 0.480 e. The minimum Gasteiger partial charge on any atom is -0.480 e. The van der Waals surface area contributed by atoms with E-state index in [9.17, 15) is 14.7 Å². The van der Waals surface area contributed by atoms with Gasteiger partial charge < -0.3 is 15.1 Å². The van der Waals surface area contributed by atoms with Gasteiger partial charge in [0, 0.05) is 18.8 Å². The summed E-state index contributed by atoms with van der Waals surface area (Å²) in [5.74, 6) is -0.512. The van der Waals surface area contributed by atoms with Crippen LogP contribution in [0.4, 0.5) is 4.79 Å². The molecule has 0 aromatic rings. The van der Waals surface area contributed by atoms with Gasteiger partial charge in [0.25, 0.3) is 0 Å². The molecule has 0 saturated carbocycles. The number of hydrogen-bond donors (Lipinski definition) is 2. The third-order valence-corrected chi connectivity index (χ3v) is 4.84. The number of likely N-dealkylation sites (tertiary alicyclic amines) is 1. The van der Waals surface area contributed by atoms with E-state index in [1.165, 1.54) is 16.7 Å². The highest BCUT2D eigenvalue weighted by molar-refractivity contribution is 8.00. The van der Waals surface area contributed by atoms with Gasteiger partial charge in [0.2, 0.25) is 0 Å². The number of aliphatic hydroxyl groups is 1. The number of β-amino-alcohol motifs (C(OH)–C–C–N with tert-alkyl or cyclic N) is 1. The highest BCUT2D eigenvalue weighted by Crippen LogP contribution is 2.32. The van der Waals surface area contributed by atoms with Crippen LogP contribution in [0.3, 0.4) is 0 Å². The monoisotopic (exact) mass is 274 g/mol. The van der Waals surface area contributed by atoms with E-state index in [-0.39, 0.29) is 11.4 Å². The molecule has 18 heavy (non-hydrogen) atoms. The third kappa shape index (κ3) is 2.42. The number of carboxylic acid groups (broad SMARTS) is 1. The number of thioether (sulfide) groups is 1. The second-order valence-corrected chi connectivity index (χ2v) is 5.84. The lowest BCUT2D eigenvalue weighted by Gasteiger charge is -2.30. The summed E-state index contributed by atoms with van der Waals surface area (Å²) in [5, 5.41) is 18.5. The zero-order chi connectivity index (χ0) is 13.3. The van der Waals surface area contributed by atoms with Crippen molar-refractivity contribution < 1.29 is 19.8 Å². The Bertz CT molecular complexity index is 352. The van der Waals surface area contributed by atoms with Gasteiger partial charge in [-0.2, -0.15) is 0 Å². The molecule has 2 aliphatic rings. The maximum absolute atomic E-state index is 12.3. The number of amides is 2. The number of carboxylic acids is 1. The average Bonchev–Trinajstić information content (AvgIpc) is 2.93. The van der Waals surface area contributed by atoms with Gasteiger partial charge in [0.05, 0.1) is 11.5 Å². The van der Waals surface area contributed by atoms with Crippen molar-refractivity contribution in [3.05, 3.63) is 0 Å². The lowest BCUT2D eigenvalue weighted by Crippen LogP contribution is -2.51. The van der Waals surface area contributed by atoms with Gasteiger partial charge >= 0.3 is 12.0 Å². The highest BCUT2D eigenvalue weighted by Gasteiger charge is 2.43. The Labute approximate surface area is 110 Å². The van der Waals surface area contributed by atoms with Crippen LogP contribution in [0.15, 0.2) is 0 Å². The van der Waals surface area contributed by atoms with E-state index in [0.717, 1.165) is 6.42 Å². The van der Waals surface area contributed by atoms with Crippen LogP contribution >= 0.6 is 11.8 Å². The number of carbonyl (C=O) groups excluding carboxylic acids is 1. The Morgan fingerprint density at radius 3 is 2.67 bits per heavy atom. The minimum atomic E-state index is -0.952. The van der Waals surface area contributed by atoms with E-state index in [0.29, 0.717) is 25.3 Å². The van der Waals surface area contributed by atoms with E-state index in [2.05, 4.69) is 0 Å². The fourth-order valence-corrected chi connectivity index (χ4v) is 3.74. The molecular weight excluding hydrogens is 256 g/mol. The Morgan fingerprint density at radius 2 is 2.17 bits per heavy atom. The Kier molecular flexibility index (Phi) is 4.01. The normalized spacial score (nSPS) is 32.0. The number of urea groups is 1. The molecule has 2 aliphatic heterocycles. The first-order valence-corrected chi connectivity index (χ1v) is 7.19. The molecule has 0 aliphatic carbocycles. The molecule has 3 atom stereocenters. The third-order valence-electron chi connectivity index (χ3n) is 3.38. The molecule has 3 unspecified atom stereocenters. The highest BCUT2D eigenvalue weighted by atomic mass is 32.2. The van der Waals surface area contributed by atoms with Crippen LogP contribution in [0.1, 0.15) is 19.8 Å². The first-order chi connectivity index (χ1) is 8.54. The molecule has 0 bridgehead atoms. The van der Waals surface area contributed by atoms with Crippen molar-refractivity contribution in [2.45, 2.75) is 37.3 Å². The van der Waals surface area contributed by atoms with Crippen molar-refractivity contribution in [1.29, 1.82) is 0 Å². The predicted molar refractivity (Wildman–Crippen MR) is 67.4 cm³/mol. The smallest absolute Gasteiger partial charge is 0.327 e. The molecule has 0 spiro atoms. The molecule has 2 rings (SSSR count). The van der Waals surface area contributed by atoms with Gasteiger partial charge in [-0.15, -0.1) is 11.8 Å². The van der Waals surface area contributed by atoms with E-state index < -0.39 is 18.1 Å². The van der Waals surface area contributed by atoms with Gasteiger partial charge in [0.1, 0.15) is 6.04 Å². The van der Waals surface area contributed by atoms with Crippen LogP contribution in [0, 0.1) is 0 Å². The molecule has 0 radical (unpaired) electrons. The quantitative estimate of drug-likeness (QED) is 0.762. The van der Waals surface area contributed by atoms with Crippen LogP contribution < -0.4 is 0 Å². The van der Waals surface area contributed by atoms with E-state index in [4.69, 9.17) is 5.11 Å². The van der Waals surface area contributed by atoms with E-state index in [1.54, 1.807) is 4.90 Å². The molecule has 6 nitrogen and oxygen atoms in total. The first kappa shape index (κ1) is 13.5. The van der Waals surface area contributed by atoms with Gasteiger partial charge in [-0.25, -0.2) is 9.59 Å². The molecule has 2 saturated heterocycles. The maximum Gasteiger partial charge on any atom is 0.327 e. The van der Waals surface area contributed by atoms with Crippen LogP contribution in [-0.4, -0.2) is 68.4 Å². The summed E-state index contributed by atoms with van der Waals surface area (Å²) in [6, 6.07) is -0.999. The molecule has 2 amide bonds. The Balaban J connectivity index is 2.11. The van der Waals surface area contributed by atoms with Crippen molar-refractivity contribution in [2.75, 3.05) is 18.8 Å². The lowest BCUT2D eigenvalue weighted by molar-refractivity contribution is -0.141. The van der Waals surface area contributed by atoms with Crippen molar-refractivity contribution in [1.82, 2.24) is 9.80 Å². The van der Waals surface area contributed by atoms with Crippen LogP contribution in [0.5, 0.6) is 0 Å². The lowest BCUT2D eigenvalue weighted by atomic mass is 10.2. The fourth-order valence-electron chi connectivity index (χ4n) is 2.40. The molecule has 2 N–H and O–H groups in total. The second kappa shape index (κ2) is 5.36. The zero-order valence-electron chi connectivity index (χ0n) is 10.3.